The van der Waals surface area contributed by atoms with E-state index in [0.717, 1.165) is 5.75 Å². The third-order valence-electron chi connectivity index (χ3n) is 2.37. The van der Waals surface area contributed by atoms with Crippen LogP contribution in [0.2, 0.25) is 6.04 Å². The third kappa shape index (κ3) is 10.4. The van der Waals surface area contributed by atoms with Crippen LogP contribution in [0, 0.1) is 0 Å². The van der Waals surface area contributed by atoms with Crippen LogP contribution < -0.4 is 0 Å². The summed E-state index contributed by atoms with van der Waals surface area (Å²) in [6, 6.07) is 0.611. The Bertz CT molecular complexity index is 259. The van der Waals surface area contributed by atoms with Crippen LogP contribution in [0.3, 0.4) is 0 Å². The van der Waals surface area contributed by atoms with Gasteiger partial charge in [0, 0.05) is 32.9 Å². The van der Waals surface area contributed by atoms with Gasteiger partial charge in [-0.25, -0.2) is 4.79 Å². The van der Waals surface area contributed by atoms with Crippen molar-refractivity contribution in [3.8, 4) is 0 Å². The van der Waals surface area contributed by atoms with E-state index in [1.54, 1.807) is 28.3 Å². The molecule has 20 heavy (non-hydrogen) atoms. The van der Waals surface area contributed by atoms with Gasteiger partial charge in [0.2, 0.25) is 0 Å². The Kier molecular flexibility index (Phi) is 15.0. The Morgan fingerprint density at radius 3 is 1.95 bits per heavy atom. The maximum absolute atomic E-state index is 11.1. The number of thiol groups is 1. The van der Waals surface area contributed by atoms with Crippen molar-refractivity contribution in [3.63, 3.8) is 0 Å². The normalized spacial score (nSPS) is 10.5. The van der Waals surface area contributed by atoms with E-state index in [1.165, 1.54) is 6.42 Å². The first-order valence-electron chi connectivity index (χ1n) is 6.51. The first-order chi connectivity index (χ1) is 9.42. The summed E-state index contributed by atoms with van der Waals surface area (Å²) < 4.78 is 20.6. The molecule has 0 saturated heterocycles. The number of carbonyl (C=O) groups is 1. The molecule has 0 aliphatic rings. The Morgan fingerprint density at radius 2 is 1.65 bits per heavy atom. The van der Waals surface area contributed by atoms with Gasteiger partial charge in [-0.2, -0.15) is 12.6 Å². The van der Waals surface area contributed by atoms with E-state index in [9.17, 15) is 4.79 Å². The fraction of sp³-hybridized carbons (Fsp3) is 0.769. The van der Waals surface area contributed by atoms with Crippen LogP contribution in [-0.4, -0.2) is 48.5 Å². The molecule has 0 spiro atoms. The number of hydrogen-bond donors (Lipinski definition) is 1. The smallest absolute Gasteiger partial charge is 0.462 e. The fourth-order valence-corrected chi connectivity index (χ4v) is 2.82. The second kappa shape index (κ2) is 13.6. The first kappa shape index (κ1) is 21.9. The molecule has 0 atom stereocenters. The van der Waals surface area contributed by atoms with Crippen LogP contribution in [0.25, 0.3) is 0 Å². The number of esters is 1. The van der Waals surface area contributed by atoms with Crippen LogP contribution in [0.4, 0.5) is 0 Å². The maximum atomic E-state index is 11.1. The topological polar surface area (TPSA) is 54.0 Å². The lowest BCUT2D eigenvalue weighted by Gasteiger charge is -2.24. The highest BCUT2D eigenvalue weighted by molar-refractivity contribution is 7.80. The first-order valence-corrected chi connectivity index (χ1v) is 9.08. The van der Waals surface area contributed by atoms with E-state index >= 15 is 0 Å². The zero-order chi connectivity index (χ0) is 16.0. The quantitative estimate of drug-likeness (QED) is 0.232. The van der Waals surface area contributed by atoms with Crippen molar-refractivity contribution in [2.45, 2.75) is 32.7 Å². The van der Waals surface area contributed by atoms with Gasteiger partial charge in [0.25, 0.3) is 0 Å². The third-order valence-corrected chi connectivity index (χ3v) is 5.64. The Hall–Kier alpha value is -0.343. The molecule has 0 aliphatic heterocycles. The highest BCUT2D eigenvalue weighted by Gasteiger charge is 2.36. The minimum atomic E-state index is -2.53. The molecule has 0 N–H and O–H groups in total. The monoisotopic (exact) mass is 324 g/mol. The van der Waals surface area contributed by atoms with Gasteiger partial charge in [-0.05, 0) is 25.5 Å². The van der Waals surface area contributed by atoms with Crippen molar-refractivity contribution < 1.29 is 22.8 Å². The largest absolute Gasteiger partial charge is 0.500 e. The van der Waals surface area contributed by atoms with Gasteiger partial charge in [0.15, 0.2) is 0 Å². The minimum Gasteiger partial charge on any atom is -0.462 e. The SMILES string of the molecule is C=C(C)C(=O)OCCC[Si](OC)(OC)OC.CCCS. The summed E-state index contributed by atoms with van der Waals surface area (Å²) in [5.41, 5.74) is 0.397. The zero-order valence-electron chi connectivity index (χ0n) is 13.2. The van der Waals surface area contributed by atoms with Crippen LogP contribution in [-0.2, 0) is 22.8 Å². The van der Waals surface area contributed by atoms with Crippen LogP contribution in [0.5, 0.6) is 0 Å². The van der Waals surface area contributed by atoms with Crippen LogP contribution in [0.1, 0.15) is 26.7 Å². The summed E-state index contributed by atoms with van der Waals surface area (Å²) in [7, 11) is 2.13. The summed E-state index contributed by atoms with van der Waals surface area (Å²) in [5, 5.41) is 0. The second-order valence-electron chi connectivity index (χ2n) is 4.04. The molecule has 0 amide bonds. The van der Waals surface area contributed by atoms with Crippen LogP contribution >= 0.6 is 12.6 Å². The van der Waals surface area contributed by atoms with Gasteiger partial charge >= 0.3 is 14.8 Å². The molecule has 7 heteroatoms. The Labute approximate surface area is 129 Å². The molecule has 120 valence electrons. The van der Waals surface area contributed by atoms with E-state index in [2.05, 4.69) is 26.1 Å². The standard InChI is InChI=1S/C10H20O5Si.C3H8S/c1-9(2)10(11)15-7-6-8-16(12-3,13-4)14-5;1-2-3-4/h1,6-8H2,2-5H3;4H,2-3H2,1H3. The summed E-state index contributed by atoms with van der Waals surface area (Å²) in [6.07, 6.45) is 1.82. The summed E-state index contributed by atoms with van der Waals surface area (Å²) >= 11 is 3.92. The van der Waals surface area contributed by atoms with Gasteiger partial charge in [-0.15, -0.1) is 0 Å². The number of carbonyl (C=O) groups excluding carboxylic acids is 1. The molecule has 0 heterocycles. The van der Waals surface area contributed by atoms with Crippen LogP contribution in [0.15, 0.2) is 12.2 Å². The lowest BCUT2D eigenvalue weighted by atomic mass is 10.4. The van der Waals surface area contributed by atoms with Crippen molar-refractivity contribution >= 4 is 27.4 Å². The van der Waals surface area contributed by atoms with E-state index in [0.29, 0.717) is 24.6 Å². The van der Waals surface area contributed by atoms with Crippen molar-refractivity contribution in [3.05, 3.63) is 12.2 Å². The summed E-state index contributed by atoms with van der Waals surface area (Å²) in [4.78, 5) is 11.1. The molecule has 0 bridgehead atoms. The average Bonchev–Trinajstić information content (AvgIpc) is 2.48. The maximum Gasteiger partial charge on any atom is 0.500 e. The molecule has 0 aromatic carbocycles. The lowest BCUT2D eigenvalue weighted by molar-refractivity contribution is -0.139. The van der Waals surface area contributed by atoms with Crippen molar-refractivity contribution in [2.24, 2.45) is 0 Å². The molecule has 0 aromatic heterocycles. The van der Waals surface area contributed by atoms with Crippen molar-refractivity contribution in [1.82, 2.24) is 0 Å². The Balaban J connectivity index is 0. The molecular weight excluding hydrogens is 296 g/mol. The number of hydrogen-bond acceptors (Lipinski definition) is 6. The lowest BCUT2D eigenvalue weighted by Crippen LogP contribution is -2.42. The number of rotatable bonds is 9. The predicted molar refractivity (Wildman–Crippen MR) is 86.1 cm³/mol. The molecule has 0 aliphatic carbocycles. The van der Waals surface area contributed by atoms with Gasteiger partial charge < -0.3 is 18.0 Å². The number of ether oxygens (including phenoxy) is 1. The van der Waals surface area contributed by atoms with Gasteiger partial charge in [0.05, 0.1) is 6.61 Å². The zero-order valence-corrected chi connectivity index (χ0v) is 15.1. The molecule has 0 saturated carbocycles. The highest BCUT2D eigenvalue weighted by atomic mass is 32.1. The summed E-state index contributed by atoms with van der Waals surface area (Å²) in [6.45, 7) is 7.52. The van der Waals surface area contributed by atoms with E-state index in [4.69, 9.17) is 18.0 Å². The highest BCUT2D eigenvalue weighted by Crippen LogP contribution is 2.14. The molecule has 5 nitrogen and oxygen atoms in total. The molecular formula is C13H28O5SSi. The minimum absolute atomic E-state index is 0.316. The molecule has 0 aromatic rings. The molecule has 0 fully saturated rings. The van der Waals surface area contributed by atoms with E-state index in [1.807, 2.05) is 0 Å². The molecule has 0 unspecified atom stereocenters. The van der Waals surface area contributed by atoms with Gasteiger partial charge in [0.1, 0.15) is 0 Å². The summed E-state index contributed by atoms with van der Waals surface area (Å²) in [5.74, 6) is 0.638. The van der Waals surface area contributed by atoms with Crippen molar-refractivity contribution in [1.29, 1.82) is 0 Å². The fourth-order valence-electron chi connectivity index (χ4n) is 1.13. The van der Waals surface area contributed by atoms with E-state index in [-0.39, 0.29) is 5.97 Å². The van der Waals surface area contributed by atoms with Gasteiger partial charge in [-0.3, -0.25) is 0 Å². The van der Waals surface area contributed by atoms with Gasteiger partial charge in [-0.1, -0.05) is 13.5 Å². The van der Waals surface area contributed by atoms with Crippen molar-refractivity contribution in [2.75, 3.05) is 33.7 Å². The average molecular weight is 325 g/mol. The van der Waals surface area contributed by atoms with E-state index < -0.39 is 8.80 Å². The molecule has 0 rings (SSSR count). The predicted octanol–water partition coefficient (Wildman–Crippen LogP) is 2.70. The molecule has 0 radical (unpaired) electrons. The second-order valence-corrected chi connectivity index (χ2v) is 7.58. The Morgan fingerprint density at radius 1 is 1.20 bits per heavy atom.